The molecular weight excluding hydrogens is 608 g/mol. The Morgan fingerprint density at radius 1 is 0.609 bits per heavy atom. The summed E-state index contributed by atoms with van der Waals surface area (Å²) in [6.45, 7) is 2.88. The molecule has 21 heteroatoms. The molecule has 0 spiro atoms. The van der Waals surface area contributed by atoms with E-state index in [-0.39, 0.29) is 69.6 Å². The van der Waals surface area contributed by atoms with Gasteiger partial charge in [-0.25, -0.2) is 0 Å². The van der Waals surface area contributed by atoms with Crippen LogP contribution in [0, 0.1) is 0 Å². The third kappa shape index (κ3) is 18.0. The fraction of sp³-hybridized carbons (Fsp3) is 0.680. The molecule has 0 aliphatic rings. The molecule has 0 saturated heterocycles. The maximum atomic E-state index is 13.5. The molecule has 46 heavy (non-hydrogen) atoms. The average Bonchev–Trinajstić information content (AvgIpc) is 2.95. The number of hydrogen-bond donors (Lipinski definition) is 13. The molecule has 0 aromatic rings. The number of hydrogen-bond acceptors (Lipinski definition) is 10. The topological polar surface area (TPSA) is 393 Å². The minimum atomic E-state index is -1.57. The molecule has 0 heterocycles. The summed E-state index contributed by atoms with van der Waals surface area (Å²) in [5.41, 5.74) is 38.0. The lowest BCUT2D eigenvalue weighted by atomic mass is 10.0. The van der Waals surface area contributed by atoms with Crippen molar-refractivity contribution in [1.29, 1.82) is 0 Å². The first-order valence-electron chi connectivity index (χ1n) is 14.5. The summed E-state index contributed by atoms with van der Waals surface area (Å²) in [5, 5.41) is 28.9. The van der Waals surface area contributed by atoms with Crippen molar-refractivity contribution in [2.45, 2.75) is 88.7 Å². The normalized spacial score (nSPS) is 14.5. The van der Waals surface area contributed by atoms with Gasteiger partial charge in [0.2, 0.25) is 23.6 Å². The van der Waals surface area contributed by atoms with Gasteiger partial charge in [-0.2, -0.15) is 0 Å². The average molecular weight is 659 g/mol. The summed E-state index contributed by atoms with van der Waals surface area (Å²) in [6.07, 6.45) is -0.405. The summed E-state index contributed by atoms with van der Waals surface area (Å²) in [6, 6.07) is -6.40. The molecule has 0 fully saturated rings. The number of aliphatic carboxylic acids is 1. The second-order valence-electron chi connectivity index (χ2n) is 10.4. The van der Waals surface area contributed by atoms with E-state index in [9.17, 15) is 29.1 Å². The Kier molecular flexibility index (Phi) is 19.4. The summed E-state index contributed by atoms with van der Waals surface area (Å²) in [4.78, 5) is 75.0. The minimum Gasteiger partial charge on any atom is -0.480 e. The lowest BCUT2D eigenvalue weighted by Gasteiger charge is -2.27. The number of amides is 4. The number of aliphatic hydroxyl groups is 1. The number of carbonyl (C=O) groups excluding carboxylic acids is 4. The molecule has 0 saturated carbocycles. The van der Waals surface area contributed by atoms with Crippen molar-refractivity contribution >= 4 is 47.5 Å². The van der Waals surface area contributed by atoms with Crippen LogP contribution in [0.3, 0.4) is 0 Å². The molecule has 20 N–H and O–H groups in total. The van der Waals surface area contributed by atoms with Crippen LogP contribution in [0.4, 0.5) is 0 Å². The van der Waals surface area contributed by atoms with Crippen molar-refractivity contribution in [2.24, 2.45) is 55.1 Å². The van der Waals surface area contributed by atoms with E-state index in [1.54, 1.807) is 0 Å². The monoisotopic (exact) mass is 658 g/mol. The van der Waals surface area contributed by atoms with Crippen LogP contribution in [0.5, 0.6) is 0 Å². The van der Waals surface area contributed by atoms with Gasteiger partial charge < -0.3 is 71.6 Å². The summed E-state index contributed by atoms with van der Waals surface area (Å²) in [7, 11) is 0. The van der Waals surface area contributed by atoms with Crippen molar-refractivity contribution in [3.8, 4) is 0 Å². The maximum absolute atomic E-state index is 13.5. The Morgan fingerprint density at radius 2 is 1.00 bits per heavy atom. The Bertz CT molecular complexity index is 1100. The van der Waals surface area contributed by atoms with E-state index in [1.165, 1.54) is 13.8 Å². The highest BCUT2D eigenvalue weighted by Gasteiger charge is 2.32. The number of nitrogens with zero attached hydrogens (tertiary/aromatic N) is 3. The van der Waals surface area contributed by atoms with Crippen LogP contribution in [0.15, 0.2) is 15.0 Å². The van der Waals surface area contributed by atoms with Crippen LogP contribution in [-0.2, 0) is 24.0 Å². The fourth-order valence-electron chi connectivity index (χ4n) is 3.77. The smallest absolute Gasteiger partial charge is 0.325 e. The van der Waals surface area contributed by atoms with Crippen molar-refractivity contribution in [3.05, 3.63) is 0 Å². The van der Waals surface area contributed by atoms with Gasteiger partial charge in [0, 0.05) is 19.6 Å². The Labute approximate surface area is 266 Å². The molecule has 6 unspecified atom stereocenters. The number of guanidine groups is 3. The number of rotatable bonds is 22. The molecule has 0 aromatic carbocycles. The van der Waals surface area contributed by atoms with Crippen LogP contribution < -0.4 is 61.4 Å². The Morgan fingerprint density at radius 3 is 1.39 bits per heavy atom. The van der Waals surface area contributed by atoms with Crippen molar-refractivity contribution in [3.63, 3.8) is 0 Å². The van der Waals surface area contributed by atoms with Crippen LogP contribution in [0.2, 0.25) is 0 Å². The number of carboxylic acid groups (broad SMARTS) is 1. The molecule has 0 aromatic heterocycles. The highest BCUT2D eigenvalue weighted by atomic mass is 16.4. The second kappa shape index (κ2) is 21.7. The largest absolute Gasteiger partial charge is 0.480 e. The van der Waals surface area contributed by atoms with E-state index in [4.69, 9.17) is 45.2 Å². The Hall–Kier alpha value is -4.92. The lowest BCUT2D eigenvalue weighted by Crippen LogP contribution is -2.60. The number of aliphatic hydroxyl groups excluding tert-OH is 1. The quantitative estimate of drug-likeness (QED) is 0.0292. The first-order valence-corrected chi connectivity index (χ1v) is 14.5. The first-order chi connectivity index (χ1) is 21.5. The molecular formula is C25H50N14O7. The minimum absolute atomic E-state index is 0.0347. The number of nitrogens with one attached hydrogen (secondary N) is 4. The van der Waals surface area contributed by atoms with Gasteiger partial charge in [-0.3, -0.25) is 38.9 Å². The van der Waals surface area contributed by atoms with E-state index in [0.717, 1.165) is 0 Å². The van der Waals surface area contributed by atoms with Gasteiger partial charge in [0.1, 0.15) is 24.2 Å². The fourth-order valence-corrected chi connectivity index (χ4v) is 3.77. The number of carboxylic acids is 1. The van der Waals surface area contributed by atoms with Gasteiger partial charge >= 0.3 is 5.97 Å². The highest BCUT2D eigenvalue weighted by molar-refractivity contribution is 5.95. The third-order valence-electron chi connectivity index (χ3n) is 6.25. The van der Waals surface area contributed by atoms with E-state index in [1.807, 2.05) is 0 Å². The van der Waals surface area contributed by atoms with E-state index >= 15 is 0 Å². The molecule has 6 atom stereocenters. The molecule has 262 valence electrons. The second-order valence-corrected chi connectivity index (χ2v) is 10.4. The molecule has 0 aliphatic heterocycles. The van der Waals surface area contributed by atoms with Crippen LogP contribution >= 0.6 is 0 Å². The number of carbonyl (C=O) groups is 5. The summed E-state index contributed by atoms with van der Waals surface area (Å²) < 4.78 is 0. The van der Waals surface area contributed by atoms with Gasteiger partial charge in [-0.1, -0.05) is 0 Å². The Balaban J connectivity index is 5.96. The molecule has 21 nitrogen and oxygen atoms in total. The van der Waals surface area contributed by atoms with Crippen molar-refractivity contribution < 1.29 is 34.2 Å². The lowest BCUT2D eigenvalue weighted by molar-refractivity contribution is -0.142. The van der Waals surface area contributed by atoms with E-state index in [0.29, 0.717) is 6.42 Å². The van der Waals surface area contributed by atoms with Gasteiger partial charge in [-0.05, 0) is 52.4 Å². The van der Waals surface area contributed by atoms with Crippen molar-refractivity contribution in [2.75, 3.05) is 19.6 Å². The zero-order chi connectivity index (χ0) is 35.4. The van der Waals surface area contributed by atoms with E-state index in [2.05, 4.69) is 36.2 Å². The van der Waals surface area contributed by atoms with Gasteiger partial charge in [-0.15, -0.1) is 0 Å². The van der Waals surface area contributed by atoms with E-state index < -0.39 is 65.9 Å². The molecule has 4 amide bonds. The predicted octanol–water partition coefficient (Wildman–Crippen LogP) is -6.10. The maximum Gasteiger partial charge on any atom is 0.325 e. The standard InChI is InChI=1S/C25H50N14O7/c1-12(22(45)46)36-21(44)17(13(2)40)39-20(43)16(8-5-11-35-25(31)32)38-19(42)15(7-4-10-34-24(29)30)37-18(41)14(26)6-3-9-33-23(27)28/h12-17,40H,3-11,26H2,1-2H3,(H,36,44)(H,37,41)(H,38,42)(H,39,43)(H,45,46)(H4,27,28,33)(H4,29,30,34)(H4,31,32,35). The molecule has 0 radical (unpaired) electrons. The summed E-state index contributed by atoms with van der Waals surface area (Å²) in [5.74, 6) is -5.09. The highest BCUT2D eigenvalue weighted by Crippen LogP contribution is 2.06. The van der Waals surface area contributed by atoms with Crippen LogP contribution in [0.25, 0.3) is 0 Å². The summed E-state index contributed by atoms with van der Waals surface area (Å²) >= 11 is 0. The van der Waals surface area contributed by atoms with Gasteiger partial charge in [0.25, 0.3) is 0 Å². The zero-order valence-corrected chi connectivity index (χ0v) is 26.1. The van der Waals surface area contributed by atoms with Crippen molar-refractivity contribution in [1.82, 2.24) is 21.3 Å². The molecule has 0 bridgehead atoms. The number of nitrogens with two attached hydrogens (primary N) is 7. The van der Waals surface area contributed by atoms with Gasteiger partial charge in [0.05, 0.1) is 12.1 Å². The first kappa shape index (κ1) is 41.1. The predicted molar refractivity (Wildman–Crippen MR) is 170 cm³/mol. The van der Waals surface area contributed by atoms with Gasteiger partial charge in [0.15, 0.2) is 17.9 Å². The SMILES string of the molecule is CC(NC(=O)C(NC(=O)C(CCCN=C(N)N)NC(=O)C(CCCN=C(N)N)NC(=O)C(N)CCCN=C(N)N)C(C)O)C(=O)O. The third-order valence-corrected chi connectivity index (χ3v) is 6.25. The zero-order valence-electron chi connectivity index (χ0n) is 26.1. The van der Waals surface area contributed by atoms with Crippen LogP contribution in [0.1, 0.15) is 52.4 Å². The van der Waals surface area contributed by atoms with Crippen LogP contribution in [-0.4, -0.2) is 114 Å². The molecule has 0 aliphatic carbocycles. The molecule has 0 rings (SSSR count). The number of aliphatic imine (C=N–C) groups is 3.